The van der Waals surface area contributed by atoms with Gasteiger partial charge in [-0.1, -0.05) is 18.2 Å². The summed E-state index contributed by atoms with van der Waals surface area (Å²) in [7, 11) is 0. The first-order valence-corrected chi connectivity index (χ1v) is 12.5. The Morgan fingerprint density at radius 2 is 2.00 bits per heavy atom. The first kappa shape index (κ1) is 23.9. The van der Waals surface area contributed by atoms with E-state index in [2.05, 4.69) is 10.1 Å². The fourth-order valence-electron chi connectivity index (χ4n) is 4.08. The van der Waals surface area contributed by atoms with E-state index in [-0.39, 0.29) is 18.0 Å². The number of carbonyl (C=O) groups is 2. The molecule has 0 bridgehead atoms. The van der Waals surface area contributed by atoms with Crippen LogP contribution < -0.4 is 0 Å². The summed E-state index contributed by atoms with van der Waals surface area (Å²) in [5.74, 6) is -0.114. The lowest BCUT2D eigenvalue weighted by atomic mass is 10.0. The highest BCUT2D eigenvalue weighted by Gasteiger charge is 2.33. The van der Waals surface area contributed by atoms with E-state index in [1.54, 1.807) is 21.2 Å². The molecule has 2 amide bonds. The van der Waals surface area contributed by atoms with Crippen LogP contribution in [0, 0.1) is 0 Å². The maximum absolute atomic E-state index is 13.4. The number of carbonyl (C=O) groups excluding carboxylic acids is 2. The number of hydrogen-bond acceptors (Lipinski definition) is 6. The molecule has 180 valence electrons. The van der Waals surface area contributed by atoms with Crippen molar-refractivity contribution in [3.63, 3.8) is 0 Å². The summed E-state index contributed by atoms with van der Waals surface area (Å²) >= 11 is 1.43. The van der Waals surface area contributed by atoms with E-state index >= 15 is 0 Å². The average Bonchev–Trinajstić information content (AvgIpc) is 3.49. The van der Waals surface area contributed by atoms with Gasteiger partial charge < -0.3 is 14.5 Å². The lowest BCUT2D eigenvalue weighted by Gasteiger charge is -2.39. The number of para-hydroxylation sites is 1. The Hall–Kier alpha value is -3.20. The second-order valence-electron chi connectivity index (χ2n) is 9.36. The summed E-state index contributed by atoms with van der Waals surface area (Å²) in [6, 6.07) is 9.79. The molecule has 4 rings (SSSR count). The SMILES string of the molecule is CCN(C(=O)c1csc(-c2cnn(-c3ccccc3)c2)n1)[C@@H]1CCCN(C(=O)OC(C)(C)C)C1. The van der Waals surface area contributed by atoms with Crippen LogP contribution in [0.25, 0.3) is 16.3 Å². The van der Waals surface area contributed by atoms with Crippen LogP contribution in [-0.2, 0) is 4.74 Å². The molecule has 34 heavy (non-hydrogen) atoms. The zero-order valence-corrected chi connectivity index (χ0v) is 20.9. The smallest absolute Gasteiger partial charge is 0.410 e. The summed E-state index contributed by atoms with van der Waals surface area (Å²) in [6.45, 7) is 9.19. The zero-order valence-electron chi connectivity index (χ0n) is 20.1. The molecule has 3 heterocycles. The van der Waals surface area contributed by atoms with Gasteiger partial charge >= 0.3 is 6.09 Å². The quantitative estimate of drug-likeness (QED) is 0.520. The van der Waals surface area contributed by atoms with E-state index in [0.29, 0.717) is 25.3 Å². The summed E-state index contributed by atoms with van der Waals surface area (Å²) < 4.78 is 7.33. The molecule has 2 aromatic heterocycles. The molecule has 1 atom stereocenters. The molecule has 0 aliphatic carbocycles. The maximum Gasteiger partial charge on any atom is 0.410 e. The maximum atomic E-state index is 13.4. The number of benzene rings is 1. The number of amides is 2. The van der Waals surface area contributed by atoms with Crippen molar-refractivity contribution in [2.75, 3.05) is 19.6 Å². The predicted molar refractivity (Wildman–Crippen MR) is 132 cm³/mol. The Labute approximate surface area is 204 Å². The van der Waals surface area contributed by atoms with Gasteiger partial charge in [-0.3, -0.25) is 4.79 Å². The van der Waals surface area contributed by atoms with Crippen molar-refractivity contribution in [2.45, 2.75) is 52.2 Å². The highest BCUT2D eigenvalue weighted by Crippen LogP contribution is 2.26. The van der Waals surface area contributed by atoms with E-state index in [1.165, 1.54) is 11.3 Å². The van der Waals surface area contributed by atoms with Crippen molar-refractivity contribution in [1.29, 1.82) is 0 Å². The van der Waals surface area contributed by atoms with E-state index in [9.17, 15) is 9.59 Å². The normalized spacial score (nSPS) is 16.4. The number of likely N-dealkylation sites (N-methyl/N-ethyl adjacent to an activating group) is 1. The first-order valence-electron chi connectivity index (χ1n) is 11.6. The Bertz CT molecular complexity index is 1130. The van der Waals surface area contributed by atoms with Crippen LogP contribution in [0.15, 0.2) is 48.1 Å². The second-order valence-corrected chi connectivity index (χ2v) is 10.2. The van der Waals surface area contributed by atoms with Crippen molar-refractivity contribution in [2.24, 2.45) is 0 Å². The van der Waals surface area contributed by atoms with Gasteiger partial charge in [0.05, 0.1) is 11.9 Å². The van der Waals surface area contributed by atoms with Crippen molar-refractivity contribution < 1.29 is 14.3 Å². The van der Waals surface area contributed by atoms with Gasteiger partial charge in [0.25, 0.3) is 5.91 Å². The van der Waals surface area contributed by atoms with Crippen molar-refractivity contribution in [3.8, 4) is 16.3 Å². The van der Waals surface area contributed by atoms with Crippen molar-refractivity contribution in [1.82, 2.24) is 24.6 Å². The fraction of sp³-hybridized carbons (Fsp3) is 0.440. The topological polar surface area (TPSA) is 80.6 Å². The highest BCUT2D eigenvalue weighted by molar-refractivity contribution is 7.13. The molecular formula is C25H31N5O3S. The molecule has 0 N–H and O–H groups in total. The minimum Gasteiger partial charge on any atom is -0.444 e. The van der Waals surface area contributed by atoms with E-state index in [4.69, 9.17) is 4.74 Å². The number of nitrogens with zero attached hydrogens (tertiary/aromatic N) is 5. The van der Waals surface area contributed by atoms with Crippen molar-refractivity contribution in [3.05, 3.63) is 53.8 Å². The molecule has 3 aromatic rings. The largest absolute Gasteiger partial charge is 0.444 e. The molecule has 1 aliphatic heterocycles. The lowest BCUT2D eigenvalue weighted by molar-refractivity contribution is 0.0107. The number of hydrogen-bond donors (Lipinski definition) is 0. The molecule has 1 fully saturated rings. The van der Waals surface area contributed by atoms with Gasteiger partial charge in [0.15, 0.2) is 0 Å². The molecule has 0 saturated carbocycles. The number of rotatable bonds is 5. The van der Waals surface area contributed by atoms with Gasteiger partial charge in [-0.15, -0.1) is 11.3 Å². The molecule has 1 saturated heterocycles. The number of piperidine rings is 1. The predicted octanol–water partition coefficient (Wildman–Crippen LogP) is 4.86. The van der Waals surface area contributed by atoms with Crippen LogP contribution in [0.4, 0.5) is 4.79 Å². The van der Waals surface area contributed by atoms with Gasteiger partial charge in [-0.25, -0.2) is 14.5 Å². The third-order valence-electron chi connectivity index (χ3n) is 5.66. The number of ether oxygens (including phenoxy) is 1. The minimum atomic E-state index is -0.546. The molecule has 1 aromatic carbocycles. The number of aromatic nitrogens is 3. The van der Waals surface area contributed by atoms with Crippen LogP contribution in [0.2, 0.25) is 0 Å². The van der Waals surface area contributed by atoms with Crippen LogP contribution in [0.1, 0.15) is 51.0 Å². The summed E-state index contributed by atoms with van der Waals surface area (Å²) in [5.41, 5.74) is 1.70. The van der Waals surface area contributed by atoms with Crippen LogP contribution in [0.5, 0.6) is 0 Å². The van der Waals surface area contributed by atoms with Gasteiger partial charge in [0.1, 0.15) is 16.3 Å². The molecule has 9 heteroatoms. The van der Waals surface area contributed by atoms with E-state index in [1.807, 2.05) is 69.1 Å². The molecule has 8 nitrogen and oxygen atoms in total. The van der Waals surface area contributed by atoms with Crippen molar-refractivity contribution >= 4 is 23.3 Å². The standard InChI is InChI=1S/C25H31N5O3S/c1-5-29(20-12-9-13-28(16-20)24(32)33-25(2,3)4)23(31)21-17-34-22(27-21)18-14-26-30(15-18)19-10-7-6-8-11-19/h6-8,10-11,14-15,17,20H,5,9,12-13,16H2,1-4H3/t20-/m1/s1. The molecule has 1 aliphatic rings. The highest BCUT2D eigenvalue weighted by atomic mass is 32.1. The summed E-state index contributed by atoms with van der Waals surface area (Å²) in [6.07, 6.45) is 5.03. The third-order valence-corrected chi connectivity index (χ3v) is 6.56. The number of thiazole rings is 1. The molecule has 0 spiro atoms. The molecular weight excluding hydrogens is 450 g/mol. The number of likely N-dealkylation sites (tertiary alicyclic amines) is 1. The summed E-state index contributed by atoms with van der Waals surface area (Å²) in [4.78, 5) is 34.1. The Kier molecular flexibility index (Phi) is 7.02. The van der Waals surface area contributed by atoms with Gasteiger partial charge in [-0.05, 0) is 52.7 Å². The lowest BCUT2D eigenvalue weighted by Crippen LogP contribution is -2.52. The Morgan fingerprint density at radius 3 is 2.71 bits per heavy atom. The average molecular weight is 482 g/mol. The molecule has 0 radical (unpaired) electrons. The van der Waals surface area contributed by atoms with Gasteiger partial charge in [0, 0.05) is 42.8 Å². The fourth-order valence-corrected chi connectivity index (χ4v) is 4.85. The Morgan fingerprint density at radius 1 is 1.24 bits per heavy atom. The minimum absolute atomic E-state index is 0.0650. The zero-order chi connectivity index (χ0) is 24.3. The van der Waals surface area contributed by atoms with Crippen LogP contribution in [-0.4, -0.2) is 67.8 Å². The van der Waals surface area contributed by atoms with Crippen LogP contribution in [0.3, 0.4) is 0 Å². The van der Waals surface area contributed by atoms with Gasteiger partial charge in [0.2, 0.25) is 0 Å². The Balaban J connectivity index is 1.46. The van der Waals surface area contributed by atoms with E-state index < -0.39 is 5.60 Å². The first-order chi connectivity index (χ1) is 16.2. The molecule has 0 unspecified atom stereocenters. The third kappa shape index (κ3) is 5.47. The van der Waals surface area contributed by atoms with Crippen LogP contribution >= 0.6 is 11.3 Å². The summed E-state index contributed by atoms with van der Waals surface area (Å²) in [5, 5.41) is 6.98. The monoisotopic (exact) mass is 481 g/mol. The van der Waals surface area contributed by atoms with E-state index in [0.717, 1.165) is 29.1 Å². The van der Waals surface area contributed by atoms with Gasteiger partial charge in [-0.2, -0.15) is 5.10 Å². The second kappa shape index (κ2) is 9.97.